The molecule has 2 unspecified atom stereocenters. The number of hydrogen-bond donors (Lipinski definition) is 2. The second kappa shape index (κ2) is 7.46. The van der Waals surface area contributed by atoms with Crippen molar-refractivity contribution in [2.24, 2.45) is 5.73 Å². The van der Waals surface area contributed by atoms with Crippen molar-refractivity contribution in [2.75, 3.05) is 13.1 Å². The van der Waals surface area contributed by atoms with Gasteiger partial charge in [-0.25, -0.2) is 8.78 Å². The molecular formula is C20H24F2N4O3. The molecule has 0 aromatic heterocycles. The average molecular weight is 406 g/mol. The van der Waals surface area contributed by atoms with Crippen molar-refractivity contribution in [2.45, 2.75) is 56.8 Å². The van der Waals surface area contributed by atoms with E-state index >= 15 is 0 Å². The van der Waals surface area contributed by atoms with Gasteiger partial charge >= 0.3 is 0 Å². The highest BCUT2D eigenvalue weighted by atomic mass is 19.3. The van der Waals surface area contributed by atoms with Crippen molar-refractivity contribution in [3.63, 3.8) is 0 Å². The van der Waals surface area contributed by atoms with Crippen LogP contribution in [0.1, 0.15) is 47.2 Å². The molecule has 2 fully saturated rings. The Morgan fingerprint density at radius 1 is 1.17 bits per heavy atom. The molecule has 0 radical (unpaired) electrons. The first-order chi connectivity index (χ1) is 13.8. The molecule has 0 bridgehead atoms. The lowest BCUT2D eigenvalue weighted by Gasteiger charge is -2.29. The van der Waals surface area contributed by atoms with Gasteiger partial charge in [0.15, 0.2) is 0 Å². The molecule has 3 heterocycles. The highest BCUT2D eigenvalue weighted by Crippen LogP contribution is 2.32. The maximum Gasteiger partial charge on any atom is 0.264 e. The predicted molar refractivity (Wildman–Crippen MR) is 99.9 cm³/mol. The largest absolute Gasteiger partial charge is 0.323 e. The Hall–Kier alpha value is -2.39. The lowest BCUT2D eigenvalue weighted by Crippen LogP contribution is -2.52. The summed E-state index contributed by atoms with van der Waals surface area (Å²) in [5, 5.41) is 2.29. The van der Waals surface area contributed by atoms with E-state index in [1.165, 1.54) is 4.90 Å². The van der Waals surface area contributed by atoms with E-state index in [0.717, 1.165) is 11.1 Å². The molecule has 0 aliphatic carbocycles. The van der Waals surface area contributed by atoms with Gasteiger partial charge in [-0.2, -0.15) is 0 Å². The van der Waals surface area contributed by atoms with Crippen molar-refractivity contribution in [3.05, 3.63) is 34.9 Å². The third-order valence-corrected chi connectivity index (χ3v) is 6.09. The minimum atomic E-state index is -2.88. The lowest BCUT2D eigenvalue weighted by molar-refractivity contribution is -0.136. The van der Waals surface area contributed by atoms with E-state index in [1.807, 2.05) is 23.1 Å². The number of alkyl halides is 2. The molecule has 3 amide bonds. The number of halogens is 2. The second-order valence-electron chi connectivity index (χ2n) is 8.03. The Bertz CT molecular complexity index is 860. The Labute approximate surface area is 167 Å². The number of hydrogen-bond acceptors (Lipinski definition) is 5. The van der Waals surface area contributed by atoms with Crippen molar-refractivity contribution in [1.29, 1.82) is 0 Å². The normalized spacial score (nSPS) is 27.6. The SMILES string of the molecule is NC1CCN(Cc2cccc3c2C(=O)N(C2CCC(=O)NC2=O)C3)CCC1(F)F. The molecule has 3 aliphatic heterocycles. The zero-order chi connectivity index (χ0) is 20.8. The van der Waals surface area contributed by atoms with Gasteiger partial charge in [-0.05, 0) is 24.0 Å². The van der Waals surface area contributed by atoms with Gasteiger partial charge in [-0.15, -0.1) is 0 Å². The summed E-state index contributed by atoms with van der Waals surface area (Å²) in [6.07, 6.45) is 0.391. The Morgan fingerprint density at radius 2 is 1.97 bits per heavy atom. The summed E-state index contributed by atoms with van der Waals surface area (Å²) in [7, 11) is 0. The molecular weight excluding hydrogens is 382 g/mol. The molecule has 2 atom stereocenters. The first-order valence-electron chi connectivity index (χ1n) is 9.87. The van der Waals surface area contributed by atoms with Gasteiger partial charge in [0.1, 0.15) is 6.04 Å². The molecule has 1 aromatic rings. The monoisotopic (exact) mass is 406 g/mol. The number of nitrogens with zero attached hydrogens (tertiary/aromatic N) is 2. The van der Waals surface area contributed by atoms with Gasteiger partial charge in [-0.3, -0.25) is 24.6 Å². The topological polar surface area (TPSA) is 95.7 Å². The number of likely N-dealkylation sites (tertiary alicyclic amines) is 1. The van der Waals surface area contributed by atoms with Gasteiger partial charge in [-0.1, -0.05) is 18.2 Å². The highest BCUT2D eigenvalue weighted by molar-refractivity contribution is 6.05. The molecule has 9 heteroatoms. The van der Waals surface area contributed by atoms with E-state index in [1.54, 1.807) is 0 Å². The van der Waals surface area contributed by atoms with Gasteiger partial charge in [0.05, 0.1) is 6.04 Å². The molecule has 4 rings (SSSR count). The standard InChI is InChI=1S/C20H24F2N4O3/c21-20(22)7-9-25(8-6-15(20)23)10-12-2-1-3-13-11-26(19(29)17(12)13)14-4-5-16(27)24-18(14)28/h1-3,14-15H,4-11,23H2,(H,24,27,28). The molecule has 0 spiro atoms. The van der Waals surface area contributed by atoms with Crippen LogP contribution in [0.2, 0.25) is 0 Å². The molecule has 2 saturated heterocycles. The van der Waals surface area contributed by atoms with Crippen LogP contribution in [0.25, 0.3) is 0 Å². The molecule has 1 aromatic carbocycles. The molecule has 0 saturated carbocycles. The van der Waals surface area contributed by atoms with Crippen molar-refractivity contribution in [3.8, 4) is 0 Å². The summed E-state index contributed by atoms with van der Waals surface area (Å²) in [6, 6.07) is 3.69. The summed E-state index contributed by atoms with van der Waals surface area (Å²) in [6.45, 7) is 1.32. The third kappa shape index (κ3) is 3.76. The Morgan fingerprint density at radius 3 is 2.72 bits per heavy atom. The smallest absolute Gasteiger partial charge is 0.264 e. The van der Waals surface area contributed by atoms with Crippen LogP contribution >= 0.6 is 0 Å². The van der Waals surface area contributed by atoms with E-state index in [-0.39, 0.29) is 37.6 Å². The minimum absolute atomic E-state index is 0.193. The van der Waals surface area contributed by atoms with Gasteiger partial charge in [0.25, 0.3) is 11.8 Å². The zero-order valence-corrected chi connectivity index (χ0v) is 16.0. The maximum atomic E-state index is 13.9. The molecule has 3 aliphatic rings. The van der Waals surface area contributed by atoms with Gasteiger partial charge in [0, 0.05) is 44.6 Å². The first-order valence-corrected chi connectivity index (χ1v) is 9.87. The van der Waals surface area contributed by atoms with Crippen LogP contribution in [0.5, 0.6) is 0 Å². The molecule has 156 valence electrons. The van der Waals surface area contributed by atoms with E-state index < -0.39 is 23.9 Å². The van der Waals surface area contributed by atoms with E-state index in [9.17, 15) is 23.2 Å². The molecule has 3 N–H and O–H groups in total. The fourth-order valence-electron chi connectivity index (χ4n) is 4.36. The van der Waals surface area contributed by atoms with E-state index in [2.05, 4.69) is 5.32 Å². The number of benzene rings is 1. The number of fused-ring (bicyclic) bond motifs is 1. The molecule has 7 nitrogen and oxygen atoms in total. The third-order valence-electron chi connectivity index (χ3n) is 6.09. The summed E-state index contributed by atoms with van der Waals surface area (Å²) in [5.74, 6) is -3.91. The fraction of sp³-hybridized carbons (Fsp3) is 0.550. The summed E-state index contributed by atoms with van der Waals surface area (Å²) in [4.78, 5) is 40.1. The van der Waals surface area contributed by atoms with Crippen LogP contribution in [0, 0.1) is 0 Å². The van der Waals surface area contributed by atoms with Crippen LogP contribution in [0.15, 0.2) is 18.2 Å². The van der Waals surface area contributed by atoms with Gasteiger partial charge in [0.2, 0.25) is 11.8 Å². The summed E-state index contributed by atoms with van der Waals surface area (Å²) in [5.41, 5.74) is 7.72. The minimum Gasteiger partial charge on any atom is -0.323 e. The predicted octanol–water partition coefficient (Wildman–Crippen LogP) is 1.01. The number of amides is 3. The summed E-state index contributed by atoms with van der Waals surface area (Å²) >= 11 is 0. The number of piperidine rings is 1. The van der Waals surface area contributed by atoms with Crippen LogP contribution in [0.4, 0.5) is 8.78 Å². The van der Waals surface area contributed by atoms with Crippen molar-refractivity contribution >= 4 is 17.7 Å². The van der Waals surface area contributed by atoms with Crippen LogP contribution in [-0.4, -0.2) is 58.6 Å². The van der Waals surface area contributed by atoms with Crippen LogP contribution < -0.4 is 11.1 Å². The maximum absolute atomic E-state index is 13.9. The van der Waals surface area contributed by atoms with Crippen molar-refractivity contribution in [1.82, 2.24) is 15.1 Å². The Balaban J connectivity index is 1.52. The fourth-order valence-corrected chi connectivity index (χ4v) is 4.36. The van der Waals surface area contributed by atoms with Crippen molar-refractivity contribution < 1.29 is 23.2 Å². The molecule has 29 heavy (non-hydrogen) atoms. The number of nitrogens with one attached hydrogen (secondary N) is 1. The quantitative estimate of drug-likeness (QED) is 0.731. The average Bonchev–Trinajstić information content (AvgIpc) is 2.94. The number of nitrogens with two attached hydrogens (primary N) is 1. The zero-order valence-electron chi connectivity index (χ0n) is 16.0. The Kier molecular flexibility index (Phi) is 5.12. The number of rotatable bonds is 3. The summed E-state index contributed by atoms with van der Waals surface area (Å²) < 4.78 is 27.8. The van der Waals surface area contributed by atoms with Gasteiger partial charge < -0.3 is 10.6 Å². The van der Waals surface area contributed by atoms with Crippen LogP contribution in [0.3, 0.4) is 0 Å². The van der Waals surface area contributed by atoms with E-state index in [4.69, 9.17) is 5.73 Å². The number of imide groups is 1. The number of carbonyl (C=O) groups excluding carboxylic acids is 3. The van der Waals surface area contributed by atoms with Crippen LogP contribution in [-0.2, 0) is 22.7 Å². The lowest BCUT2D eigenvalue weighted by atomic mass is 10.0. The van der Waals surface area contributed by atoms with E-state index in [0.29, 0.717) is 31.6 Å². The number of carbonyl (C=O) groups is 3. The first kappa shape index (κ1) is 19.9. The second-order valence-corrected chi connectivity index (χ2v) is 8.03. The highest BCUT2D eigenvalue weighted by Gasteiger charge is 2.41.